The van der Waals surface area contributed by atoms with E-state index in [4.69, 9.17) is 30.6 Å². The first-order chi connectivity index (χ1) is 17.5. The largest absolute Gasteiger partial charge is 0.481 e. The van der Waals surface area contributed by atoms with Crippen molar-refractivity contribution >= 4 is 11.9 Å². The number of rotatable bonds is 25. The van der Waals surface area contributed by atoms with Crippen LogP contribution in [0.5, 0.6) is 0 Å². The summed E-state index contributed by atoms with van der Waals surface area (Å²) in [5.41, 5.74) is 0. The molecular formula is C26H56N2O8. The minimum atomic E-state index is -0.679. The third-order valence-corrected chi connectivity index (χ3v) is 5.19. The average Bonchev–Trinajstić information content (AvgIpc) is 2.85. The Kier molecular flexibility index (Phi) is 41.7. The highest BCUT2D eigenvalue weighted by Gasteiger charge is 1.98. The molecule has 0 bridgehead atoms. The van der Waals surface area contributed by atoms with E-state index in [1.165, 1.54) is 64.2 Å². The molecule has 0 aliphatic rings. The molecule has 0 radical (unpaired) electrons. The highest BCUT2D eigenvalue weighted by molar-refractivity contribution is 5.66. The second-order valence-electron chi connectivity index (χ2n) is 8.63. The molecule has 0 fully saturated rings. The van der Waals surface area contributed by atoms with Crippen molar-refractivity contribution in [3.63, 3.8) is 0 Å². The van der Waals surface area contributed by atoms with Crippen molar-refractivity contribution in [1.29, 1.82) is 0 Å². The molecule has 0 aromatic heterocycles. The lowest BCUT2D eigenvalue weighted by Crippen LogP contribution is -2.21. The Morgan fingerprint density at radius 1 is 0.389 bits per heavy atom. The van der Waals surface area contributed by atoms with Crippen LogP contribution >= 0.6 is 0 Å². The summed E-state index contributed by atoms with van der Waals surface area (Å²) in [5.74, 6) is -1.36. The fourth-order valence-corrected chi connectivity index (χ4v) is 3.24. The first-order valence-electron chi connectivity index (χ1n) is 13.7. The lowest BCUT2D eigenvalue weighted by molar-refractivity contribution is -0.138. The number of unbranched alkanes of at least 4 members (excludes halogenated alkanes) is 13. The standard InChI is InChI=1S/C18H34O4.2C4H11NO2/c19-17(20)15-13-11-9-7-5-3-1-2-4-6-8-10-12-14-16-18(21)22;2*6-3-1-5-2-4-7/h1-16H2,(H,19,20)(H,21,22);2*5-7H,1-4H2. The molecule has 0 unspecified atom stereocenters. The van der Waals surface area contributed by atoms with Crippen LogP contribution in [0, 0.1) is 0 Å². The van der Waals surface area contributed by atoms with E-state index in [1.54, 1.807) is 0 Å². The molecule has 0 rings (SSSR count). The van der Waals surface area contributed by atoms with Crippen LogP contribution in [0.1, 0.15) is 103 Å². The van der Waals surface area contributed by atoms with Crippen LogP contribution in [0.4, 0.5) is 0 Å². The van der Waals surface area contributed by atoms with Gasteiger partial charge in [-0.2, -0.15) is 0 Å². The summed E-state index contributed by atoms with van der Waals surface area (Å²) < 4.78 is 0. The van der Waals surface area contributed by atoms with Gasteiger partial charge in [0.25, 0.3) is 0 Å². The molecule has 0 aromatic carbocycles. The van der Waals surface area contributed by atoms with E-state index in [2.05, 4.69) is 10.6 Å². The quantitative estimate of drug-likeness (QED) is 0.0827. The third kappa shape index (κ3) is 49.8. The number of carboxylic acid groups (broad SMARTS) is 2. The maximum absolute atomic E-state index is 10.3. The average molecular weight is 525 g/mol. The molecule has 0 aromatic rings. The first kappa shape index (κ1) is 39.2. The first-order valence-corrected chi connectivity index (χ1v) is 13.7. The van der Waals surface area contributed by atoms with Crippen LogP contribution in [0.15, 0.2) is 0 Å². The molecule has 10 nitrogen and oxygen atoms in total. The van der Waals surface area contributed by atoms with Gasteiger partial charge in [-0.3, -0.25) is 9.59 Å². The highest BCUT2D eigenvalue weighted by Crippen LogP contribution is 2.13. The predicted octanol–water partition coefficient (Wildman–Crippen LogP) is 2.52. The summed E-state index contributed by atoms with van der Waals surface area (Å²) in [4.78, 5) is 20.7. The van der Waals surface area contributed by atoms with Crippen LogP contribution in [0.2, 0.25) is 0 Å². The number of aliphatic carboxylic acids is 2. The molecule has 10 heteroatoms. The van der Waals surface area contributed by atoms with Gasteiger partial charge in [0, 0.05) is 39.0 Å². The summed E-state index contributed by atoms with van der Waals surface area (Å²) >= 11 is 0. The summed E-state index contributed by atoms with van der Waals surface area (Å²) in [7, 11) is 0. The number of aliphatic hydroxyl groups excluding tert-OH is 4. The molecule has 36 heavy (non-hydrogen) atoms. The van der Waals surface area contributed by atoms with Gasteiger partial charge < -0.3 is 41.3 Å². The smallest absolute Gasteiger partial charge is 0.303 e. The van der Waals surface area contributed by atoms with E-state index >= 15 is 0 Å². The molecule has 0 saturated heterocycles. The minimum absolute atomic E-state index is 0.139. The Hall–Kier alpha value is -1.30. The molecule has 218 valence electrons. The fourth-order valence-electron chi connectivity index (χ4n) is 3.24. The van der Waals surface area contributed by atoms with Gasteiger partial charge in [-0.1, -0.05) is 77.0 Å². The van der Waals surface area contributed by atoms with Crippen molar-refractivity contribution in [2.75, 3.05) is 52.6 Å². The van der Waals surface area contributed by atoms with Gasteiger partial charge in [0.05, 0.1) is 26.4 Å². The van der Waals surface area contributed by atoms with E-state index in [9.17, 15) is 9.59 Å². The molecule has 8 N–H and O–H groups in total. The Labute approximate surface area is 218 Å². The summed E-state index contributed by atoms with van der Waals surface area (Å²) in [6.45, 7) is 2.84. The van der Waals surface area contributed by atoms with Crippen LogP contribution in [0.3, 0.4) is 0 Å². The monoisotopic (exact) mass is 524 g/mol. The maximum atomic E-state index is 10.3. The van der Waals surface area contributed by atoms with Crippen LogP contribution in [-0.2, 0) is 9.59 Å². The van der Waals surface area contributed by atoms with E-state index in [-0.39, 0.29) is 26.4 Å². The second-order valence-corrected chi connectivity index (χ2v) is 8.63. The minimum Gasteiger partial charge on any atom is -0.481 e. The molecular weight excluding hydrogens is 468 g/mol. The summed E-state index contributed by atoms with van der Waals surface area (Å²) in [5, 5.41) is 55.2. The molecule has 0 aliphatic carbocycles. The van der Waals surface area contributed by atoms with Gasteiger partial charge in [-0.05, 0) is 12.8 Å². The van der Waals surface area contributed by atoms with Gasteiger partial charge >= 0.3 is 11.9 Å². The summed E-state index contributed by atoms with van der Waals surface area (Å²) in [6.07, 6.45) is 17.0. The normalized spacial score (nSPS) is 10.2. The third-order valence-electron chi connectivity index (χ3n) is 5.19. The Bertz CT molecular complexity index is 383. The van der Waals surface area contributed by atoms with Crippen molar-refractivity contribution in [1.82, 2.24) is 10.6 Å². The van der Waals surface area contributed by atoms with E-state index < -0.39 is 11.9 Å². The number of hydrogen-bond acceptors (Lipinski definition) is 8. The lowest BCUT2D eigenvalue weighted by Gasteiger charge is -2.03. The van der Waals surface area contributed by atoms with Crippen molar-refractivity contribution in [3.05, 3.63) is 0 Å². The predicted molar refractivity (Wildman–Crippen MR) is 143 cm³/mol. The topological polar surface area (TPSA) is 180 Å². The SMILES string of the molecule is O=C(O)CCCCCCCCCCCCCCCCC(=O)O.OCCNCCO.OCCNCCO. The molecule has 0 spiro atoms. The van der Waals surface area contributed by atoms with Gasteiger partial charge in [-0.25, -0.2) is 0 Å². The summed E-state index contributed by atoms with van der Waals surface area (Å²) in [6, 6.07) is 0. The van der Waals surface area contributed by atoms with Crippen LogP contribution in [-0.4, -0.2) is 95.2 Å². The van der Waals surface area contributed by atoms with E-state index in [0.717, 1.165) is 25.7 Å². The molecule has 0 atom stereocenters. The van der Waals surface area contributed by atoms with Crippen molar-refractivity contribution in [3.8, 4) is 0 Å². The molecule has 0 saturated carbocycles. The zero-order valence-corrected chi connectivity index (χ0v) is 22.5. The van der Waals surface area contributed by atoms with Crippen molar-refractivity contribution in [2.24, 2.45) is 0 Å². The maximum Gasteiger partial charge on any atom is 0.303 e. The number of nitrogens with one attached hydrogen (secondary N) is 2. The number of aliphatic hydroxyl groups is 4. The highest BCUT2D eigenvalue weighted by atomic mass is 16.4. The Morgan fingerprint density at radius 3 is 0.750 bits per heavy atom. The zero-order valence-electron chi connectivity index (χ0n) is 22.5. The van der Waals surface area contributed by atoms with E-state index in [1.807, 2.05) is 0 Å². The van der Waals surface area contributed by atoms with Crippen LogP contribution < -0.4 is 10.6 Å². The van der Waals surface area contributed by atoms with E-state index in [0.29, 0.717) is 39.0 Å². The zero-order chi connectivity index (χ0) is 27.5. The molecule has 0 amide bonds. The van der Waals surface area contributed by atoms with Crippen molar-refractivity contribution < 1.29 is 40.2 Å². The molecule has 0 aliphatic heterocycles. The van der Waals surface area contributed by atoms with Gasteiger partial charge in [0.15, 0.2) is 0 Å². The van der Waals surface area contributed by atoms with Crippen LogP contribution in [0.25, 0.3) is 0 Å². The lowest BCUT2D eigenvalue weighted by atomic mass is 10.0. The Balaban J connectivity index is -0.000000632. The fraction of sp³-hybridized carbons (Fsp3) is 0.923. The second kappa shape index (κ2) is 38.2. The Morgan fingerprint density at radius 2 is 0.583 bits per heavy atom. The number of hydrogen-bond donors (Lipinski definition) is 8. The van der Waals surface area contributed by atoms with Gasteiger partial charge in [0.2, 0.25) is 0 Å². The van der Waals surface area contributed by atoms with Gasteiger partial charge in [-0.15, -0.1) is 0 Å². The van der Waals surface area contributed by atoms with Crippen molar-refractivity contribution in [2.45, 2.75) is 103 Å². The molecule has 0 heterocycles. The number of carboxylic acids is 2. The van der Waals surface area contributed by atoms with Gasteiger partial charge in [0.1, 0.15) is 0 Å². The number of carbonyl (C=O) groups is 2.